The molecule has 0 aliphatic rings. The molecule has 0 fully saturated rings. The van der Waals surface area contributed by atoms with Crippen molar-refractivity contribution in [1.82, 2.24) is 0 Å². The summed E-state index contributed by atoms with van der Waals surface area (Å²) in [5.41, 5.74) is 1.45. The number of phenols is 1. The minimum atomic E-state index is 0.155. The second-order valence-corrected chi connectivity index (χ2v) is 5.30. The number of aromatic hydroxyl groups is 1. The molecule has 1 aromatic carbocycles. The highest BCUT2D eigenvalue weighted by atomic mass is 16.3. The van der Waals surface area contributed by atoms with Gasteiger partial charge in [-0.15, -0.1) is 0 Å². The van der Waals surface area contributed by atoms with Gasteiger partial charge in [-0.05, 0) is 34.9 Å². The molecule has 0 aliphatic carbocycles. The fourth-order valence-corrected chi connectivity index (χ4v) is 1.99. The average Bonchev–Trinajstić information content (AvgIpc) is 2.17. The van der Waals surface area contributed by atoms with Gasteiger partial charge >= 0.3 is 0 Å². The quantitative estimate of drug-likeness (QED) is 0.793. The standard InChI is InChI=1S/C14H22O/c1-10(2)11(3)14(4,5)12-6-8-13(15)9-7-12/h6-11,15H,1-5H3. The minimum absolute atomic E-state index is 0.155. The first-order valence-corrected chi connectivity index (χ1v) is 5.65. The van der Waals surface area contributed by atoms with Crippen molar-refractivity contribution in [3.8, 4) is 5.75 Å². The maximum Gasteiger partial charge on any atom is 0.115 e. The highest BCUT2D eigenvalue weighted by Crippen LogP contribution is 2.36. The van der Waals surface area contributed by atoms with Crippen molar-refractivity contribution in [3.63, 3.8) is 0 Å². The van der Waals surface area contributed by atoms with Gasteiger partial charge in [-0.1, -0.05) is 46.8 Å². The number of hydrogen-bond donors (Lipinski definition) is 1. The zero-order valence-corrected chi connectivity index (χ0v) is 10.4. The highest BCUT2D eigenvalue weighted by molar-refractivity contribution is 5.31. The van der Waals surface area contributed by atoms with Crippen molar-refractivity contribution < 1.29 is 5.11 Å². The molecule has 1 heteroatoms. The number of rotatable bonds is 3. The van der Waals surface area contributed by atoms with Crippen LogP contribution >= 0.6 is 0 Å². The second kappa shape index (κ2) is 4.26. The van der Waals surface area contributed by atoms with E-state index in [4.69, 9.17) is 0 Å². The van der Waals surface area contributed by atoms with E-state index in [0.717, 1.165) is 0 Å². The van der Waals surface area contributed by atoms with Crippen LogP contribution in [0.2, 0.25) is 0 Å². The van der Waals surface area contributed by atoms with Gasteiger partial charge in [-0.3, -0.25) is 0 Å². The normalized spacial score (nSPS) is 14.3. The lowest BCUT2D eigenvalue weighted by atomic mass is 9.70. The topological polar surface area (TPSA) is 20.2 Å². The van der Waals surface area contributed by atoms with Gasteiger partial charge in [0.25, 0.3) is 0 Å². The summed E-state index contributed by atoms with van der Waals surface area (Å²) in [6, 6.07) is 7.58. The van der Waals surface area contributed by atoms with E-state index < -0.39 is 0 Å². The zero-order chi connectivity index (χ0) is 11.6. The Balaban J connectivity index is 2.99. The van der Waals surface area contributed by atoms with Crippen LogP contribution in [-0.2, 0) is 5.41 Å². The summed E-state index contributed by atoms with van der Waals surface area (Å²) < 4.78 is 0. The summed E-state index contributed by atoms with van der Waals surface area (Å²) in [5, 5.41) is 9.27. The smallest absolute Gasteiger partial charge is 0.115 e. The molecule has 0 saturated carbocycles. The predicted octanol–water partition coefficient (Wildman–Crippen LogP) is 3.96. The fraction of sp³-hybridized carbons (Fsp3) is 0.571. The Morgan fingerprint density at radius 3 is 1.87 bits per heavy atom. The summed E-state index contributed by atoms with van der Waals surface area (Å²) in [6.45, 7) is 11.3. The molecule has 0 aromatic heterocycles. The van der Waals surface area contributed by atoms with Crippen LogP contribution in [-0.4, -0.2) is 5.11 Å². The molecule has 0 amide bonds. The van der Waals surface area contributed by atoms with Crippen molar-refractivity contribution in [2.45, 2.75) is 40.0 Å². The third-order valence-electron chi connectivity index (χ3n) is 3.75. The Kier molecular flexibility index (Phi) is 3.43. The number of benzene rings is 1. The molecular formula is C14H22O. The molecule has 1 nitrogen and oxygen atoms in total. The van der Waals surface area contributed by atoms with Gasteiger partial charge in [-0.25, -0.2) is 0 Å². The maximum absolute atomic E-state index is 9.27. The largest absolute Gasteiger partial charge is 0.508 e. The Labute approximate surface area is 93.1 Å². The summed E-state index contributed by atoms with van der Waals surface area (Å²) in [6.07, 6.45) is 0. The molecule has 0 aliphatic heterocycles. The van der Waals surface area contributed by atoms with Gasteiger partial charge in [0.1, 0.15) is 5.75 Å². The molecule has 0 bridgehead atoms. The summed E-state index contributed by atoms with van der Waals surface area (Å²) in [7, 11) is 0. The molecule has 0 heterocycles. The zero-order valence-electron chi connectivity index (χ0n) is 10.4. The van der Waals surface area contributed by atoms with Gasteiger partial charge in [0.05, 0.1) is 0 Å². The Morgan fingerprint density at radius 2 is 1.47 bits per heavy atom. The van der Waals surface area contributed by atoms with E-state index in [1.807, 2.05) is 12.1 Å². The van der Waals surface area contributed by atoms with Crippen LogP contribution in [0.3, 0.4) is 0 Å². The molecule has 1 aromatic rings. The van der Waals surface area contributed by atoms with Crippen LogP contribution < -0.4 is 0 Å². The monoisotopic (exact) mass is 206 g/mol. The Hall–Kier alpha value is -0.980. The first-order valence-electron chi connectivity index (χ1n) is 5.65. The van der Waals surface area contributed by atoms with E-state index in [9.17, 15) is 5.11 Å². The summed E-state index contributed by atoms with van der Waals surface area (Å²) >= 11 is 0. The van der Waals surface area contributed by atoms with Crippen molar-refractivity contribution in [2.24, 2.45) is 11.8 Å². The molecule has 0 radical (unpaired) electrons. The van der Waals surface area contributed by atoms with Gasteiger partial charge in [0.15, 0.2) is 0 Å². The van der Waals surface area contributed by atoms with Gasteiger partial charge in [0.2, 0.25) is 0 Å². The molecule has 1 N–H and O–H groups in total. The third-order valence-corrected chi connectivity index (χ3v) is 3.75. The minimum Gasteiger partial charge on any atom is -0.508 e. The average molecular weight is 206 g/mol. The predicted molar refractivity (Wildman–Crippen MR) is 65.1 cm³/mol. The van der Waals surface area contributed by atoms with Crippen LogP contribution in [0.25, 0.3) is 0 Å². The van der Waals surface area contributed by atoms with E-state index in [1.54, 1.807) is 12.1 Å². The van der Waals surface area contributed by atoms with E-state index in [0.29, 0.717) is 17.6 Å². The second-order valence-electron chi connectivity index (χ2n) is 5.30. The highest BCUT2D eigenvalue weighted by Gasteiger charge is 2.29. The molecule has 1 unspecified atom stereocenters. The van der Waals surface area contributed by atoms with Gasteiger partial charge in [-0.2, -0.15) is 0 Å². The van der Waals surface area contributed by atoms with Crippen LogP contribution in [0.5, 0.6) is 5.75 Å². The molecule has 1 rings (SSSR count). The van der Waals surface area contributed by atoms with Crippen LogP contribution in [0.15, 0.2) is 24.3 Å². The van der Waals surface area contributed by atoms with Crippen molar-refractivity contribution >= 4 is 0 Å². The lowest BCUT2D eigenvalue weighted by molar-refractivity contribution is 0.263. The van der Waals surface area contributed by atoms with Crippen LogP contribution in [0.4, 0.5) is 0 Å². The first kappa shape index (κ1) is 12.1. The Morgan fingerprint density at radius 1 is 1.00 bits per heavy atom. The third kappa shape index (κ3) is 2.53. The van der Waals surface area contributed by atoms with E-state index >= 15 is 0 Å². The number of hydrogen-bond acceptors (Lipinski definition) is 1. The summed E-state index contributed by atoms with van der Waals surface area (Å²) in [4.78, 5) is 0. The van der Waals surface area contributed by atoms with Crippen molar-refractivity contribution in [1.29, 1.82) is 0 Å². The molecule has 0 saturated heterocycles. The van der Waals surface area contributed by atoms with Crippen molar-refractivity contribution in [2.75, 3.05) is 0 Å². The van der Waals surface area contributed by atoms with Crippen LogP contribution in [0, 0.1) is 11.8 Å². The van der Waals surface area contributed by atoms with Gasteiger partial charge < -0.3 is 5.11 Å². The fourth-order valence-electron chi connectivity index (χ4n) is 1.99. The van der Waals surface area contributed by atoms with E-state index in [-0.39, 0.29) is 5.41 Å². The van der Waals surface area contributed by atoms with E-state index in [1.165, 1.54) is 5.56 Å². The Bertz CT molecular complexity index is 309. The lowest BCUT2D eigenvalue weighted by Gasteiger charge is -2.35. The summed E-state index contributed by atoms with van der Waals surface area (Å²) in [5.74, 6) is 1.61. The molecule has 84 valence electrons. The van der Waals surface area contributed by atoms with Crippen LogP contribution in [0.1, 0.15) is 40.2 Å². The van der Waals surface area contributed by atoms with Crippen molar-refractivity contribution in [3.05, 3.63) is 29.8 Å². The SMILES string of the molecule is CC(C)C(C)C(C)(C)c1ccc(O)cc1. The maximum atomic E-state index is 9.27. The first-order chi connectivity index (χ1) is 6.85. The molecule has 1 atom stereocenters. The van der Waals surface area contributed by atoms with E-state index in [2.05, 4.69) is 34.6 Å². The molecular weight excluding hydrogens is 184 g/mol. The molecule has 15 heavy (non-hydrogen) atoms. The number of phenolic OH excluding ortho intramolecular Hbond substituents is 1. The lowest BCUT2D eigenvalue weighted by Crippen LogP contribution is -2.30. The van der Waals surface area contributed by atoms with Gasteiger partial charge in [0, 0.05) is 0 Å². The molecule has 0 spiro atoms.